The van der Waals surface area contributed by atoms with E-state index in [2.05, 4.69) is 50.5 Å². The molecular formula is C39H46O6Si. The highest BCUT2D eigenvalue weighted by atomic mass is 28.4. The molecule has 46 heavy (non-hydrogen) atoms. The van der Waals surface area contributed by atoms with Gasteiger partial charge in [-0.2, -0.15) is 0 Å². The van der Waals surface area contributed by atoms with E-state index in [4.69, 9.17) is 23.4 Å². The third-order valence-electron chi connectivity index (χ3n) is 8.45. The molecule has 0 spiro atoms. The first-order valence-electron chi connectivity index (χ1n) is 16.0. The number of rotatable bonds is 14. The number of hydrogen-bond donors (Lipinski definition) is 0. The molecule has 0 saturated heterocycles. The number of esters is 1. The van der Waals surface area contributed by atoms with Gasteiger partial charge in [-0.05, 0) is 80.9 Å². The van der Waals surface area contributed by atoms with E-state index < -0.39 is 31.5 Å². The SMILES string of the molecule is CC[Si](CC)(CC)O[C@]12C=CC=C1C#C/C([C@H](COC(=O)C(C)(C)C)OCc1ccc(OC)cc1)=C\C#C[C@H]2Oc1ccccc1. The zero-order valence-electron chi connectivity index (χ0n) is 28.1. The van der Waals surface area contributed by atoms with Crippen molar-refractivity contribution >= 4 is 14.3 Å². The lowest BCUT2D eigenvalue weighted by molar-refractivity contribution is -0.156. The molecule has 0 fully saturated rings. The number of methoxy groups -OCH3 is 1. The highest BCUT2D eigenvalue weighted by molar-refractivity contribution is 6.73. The molecule has 0 radical (unpaired) electrons. The van der Waals surface area contributed by atoms with Crippen LogP contribution in [0.1, 0.15) is 47.1 Å². The standard InChI is InChI=1S/C39H46O6Si/c1-8-46(9-2,10-3)45-39-27-15-17-32(39)24-23-31(16-14-20-36(39)44-34-18-12-11-13-19-34)35(29-43-37(40)38(4,5)6)42-28-30-21-25-33(41-7)26-22-30/h11-13,15-19,21-22,25-27,35-36H,8-10,28-29H2,1-7H3/b31-16+/t35-,36+,39+/m0/s1. The molecule has 4 rings (SSSR count). The number of fused-ring (bicyclic) bond motifs is 1. The summed E-state index contributed by atoms with van der Waals surface area (Å²) in [5, 5.41) is 0. The molecule has 0 saturated carbocycles. The van der Waals surface area contributed by atoms with Gasteiger partial charge in [0.05, 0.1) is 19.1 Å². The summed E-state index contributed by atoms with van der Waals surface area (Å²) in [6, 6.07) is 20.2. The Morgan fingerprint density at radius 1 is 0.957 bits per heavy atom. The molecule has 0 heterocycles. The van der Waals surface area contributed by atoms with E-state index >= 15 is 0 Å². The molecule has 0 aromatic heterocycles. The molecule has 3 atom stereocenters. The zero-order valence-corrected chi connectivity index (χ0v) is 29.1. The Morgan fingerprint density at radius 3 is 2.28 bits per heavy atom. The van der Waals surface area contributed by atoms with Gasteiger partial charge in [-0.3, -0.25) is 4.79 Å². The van der Waals surface area contributed by atoms with E-state index in [0.717, 1.165) is 35.0 Å². The van der Waals surface area contributed by atoms with E-state index in [1.807, 2.05) is 87.5 Å². The van der Waals surface area contributed by atoms with Crippen LogP contribution in [0.4, 0.5) is 0 Å². The average molecular weight is 639 g/mol. The van der Waals surface area contributed by atoms with Gasteiger partial charge in [0.15, 0.2) is 20.0 Å². The number of para-hydroxylation sites is 1. The molecule has 2 aromatic carbocycles. The molecule has 2 aliphatic rings. The van der Waals surface area contributed by atoms with Crippen LogP contribution in [-0.2, 0) is 25.3 Å². The maximum absolute atomic E-state index is 12.8. The maximum atomic E-state index is 12.8. The lowest BCUT2D eigenvalue weighted by atomic mass is 9.91. The summed E-state index contributed by atoms with van der Waals surface area (Å²) < 4.78 is 31.3. The minimum absolute atomic E-state index is 0.00509. The lowest BCUT2D eigenvalue weighted by Crippen LogP contribution is -2.54. The molecule has 242 valence electrons. The quantitative estimate of drug-likeness (QED) is 0.119. The fourth-order valence-corrected chi connectivity index (χ4v) is 8.19. The molecule has 0 aliphatic heterocycles. The zero-order chi connectivity index (χ0) is 33.2. The summed E-state index contributed by atoms with van der Waals surface area (Å²) in [6.45, 7) is 12.4. The number of benzene rings is 2. The van der Waals surface area contributed by atoms with Gasteiger partial charge in [-0.15, -0.1) is 0 Å². The number of ether oxygens (including phenoxy) is 4. The Hall–Kier alpha value is -4.01. The summed E-state index contributed by atoms with van der Waals surface area (Å²) in [4.78, 5) is 12.8. The largest absolute Gasteiger partial charge is 0.497 e. The van der Waals surface area contributed by atoms with Crippen LogP contribution in [0.3, 0.4) is 0 Å². The second-order valence-corrected chi connectivity index (χ2v) is 17.2. The molecule has 7 heteroatoms. The summed E-state index contributed by atoms with van der Waals surface area (Å²) in [7, 11) is -0.536. The normalized spacial score (nSPS) is 20.5. The molecule has 2 aromatic rings. The van der Waals surface area contributed by atoms with Crippen LogP contribution in [0.25, 0.3) is 0 Å². The molecule has 0 amide bonds. The van der Waals surface area contributed by atoms with E-state index in [0.29, 0.717) is 11.3 Å². The Bertz CT molecular complexity index is 1550. The first kappa shape index (κ1) is 34.9. The lowest BCUT2D eigenvalue weighted by Gasteiger charge is -2.42. The van der Waals surface area contributed by atoms with E-state index in [9.17, 15) is 4.79 Å². The fourth-order valence-electron chi connectivity index (χ4n) is 5.26. The summed E-state index contributed by atoms with van der Waals surface area (Å²) in [5.74, 6) is 14.5. The van der Waals surface area contributed by atoms with Gasteiger partial charge < -0.3 is 23.4 Å². The number of carbonyl (C=O) groups excluding carboxylic acids is 1. The average Bonchev–Trinajstić information content (AvgIpc) is 3.49. The molecule has 0 N–H and O–H groups in total. The third-order valence-corrected chi connectivity index (χ3v) is 13.1. The van der Waals surface area contributed by atoms with Crippen molar-refractivity contribution in [3.05, 3.63) is 95.6 Å². The summed E-state index contributed by atoms with van der Waals surface area (Å²) in [6.07, 6.45) is 6.48. The van der Waals surface area contributed by atoms with Gasteiger partial charge in [0, 0.05) is 17.2 Å². The smallest absolute Gasteiger partial charge is 0.311 e. The number of hydrogen-bond acceptors (Lipinski definition) is 6. The second-order valence-electron chi connectivity index (χ2n) is 12.5. The maximum Gasteiger partial charge on any atom is 0.311 e. The second kappa shape index (κ2) is 15.5. The number of allylic oxidation sites excluding steroid dienone is 3. The Morgan fingerprint density at radius 2 is 1.65 bits per heavy atom. The van der Waals surface area contributed by atoms with Crippen molar-refractivity contribution in [1.82, 2.24) is 0 Å². The summed E-state index contributed by atoms with van der Waals surface area (Å²) in [5.41, 5.74) is 0.706. The Balaban J connectivity index is 1.74. The molecule has 0 unspecified atom stereocenters. The van der Waals surface area contributed by atoms with Crippen LogP contribution in [0, 0.1) is 29.1 Å². The van der Waals surface area contributed by atoms with Crippen LogP contribution >= 0.6 is 0 Å². The van der Waals surface area contributed by atoms with E-state index in [1.165, 1.54) is 0 Å². The van der Waals surface area contributed by atoms with E-state index in [-0.39, 0.29) is 19.2 Å². The molecule has 2 aliphatic carbocycles. The monoisotopic (exact) mass is 638 g/mol. The first-order valence-corrected chi connectivity index (χ1v) is 18.6. The third kappa shape index (κ3) is 8.41. The van der Waals surface area contributed by atoms with Crippen LogP contribution < -0.4 is 9.47 Å². The van der Waals surface area contributed by atoms with Crippen molar-refractivity contribution in [2.75, 3.05) is 13.7 Å². The predicted octanol–water partition coefficient (Wildman–Crippen LogP) is 7.82. The highest BCUT2D eigenvalue weighted by Crippen LogP contribution is 2.40. The molecule has 6 nitrogen and oxygen atoms in total. The van der Waals surface area contributed by atoms with Gasteiger partial charge in [-0.1, -0.05) is 80.9 Å². The van der Waals surface area contributed by atoms with Gasteiger partial charge >= 0.3 is 5.97 Å². The van der Waals surface area contributed by atoms with Crippen molar-refractivity contribution in [2.24, 2.45) is 5.41 Å². The Labute approximate surface area is 275 Å². The number of carbonyl (C=O) groups is 1. The molecular weight excluding hydrogens is 593 g/mol. The topological polar surface area (TPSA) is 63.2 Å². The van der Waals surface area contributed by atoms with E-state index in [1.54, 1.807) is 13.2 Å². The van der Waals surface area contributed by atoms with Gasteiger partial charge in [-0.25, -0.2) is 0 Å². The fraction of sp³-hybridized carbons (Fsp3) is 0.410. The van der Waals surface area contributed by atoms with Crippen molar-refractivity contribution < 1.29 is 28.2 Å². The van der Waals surface area contributed by atoms with Crippen LogP contribution in [0.15, 0.2) is 90.0 Å². The predicted molar refractivity (Wildman–Crippen MR) is 185 cm³/mol. The summed E-state index contributed by atoms with van der Waals surface area (Å²) >= 11 is 0. The highest BCUT2D eigenvalue weighted by Gasteiger charge is 2.49. The minimum Gasteiger partial charge on any atom is -0.497 e. The van der Waals surface area contributed by atoms with Crippen molar-refractivity contribution in [1.29, 1.82) is 0 Å². The van der Waals surface area contributed by atoms with Gasteiger partial charge in [0.2, 0.25) is 0 Å². The minimum atomic E-state index is -2.17. The van der Waals surface area contributed by atoms with Crippen LogP contribution in [-0.4, -0.2) is 45.8 Å². The molecule has 0 bridgehead atoms. The first-order chi connectivity index (χ1) is 22.1. The van der Waals surface area contributed by atoms with Gasteiger partial charge in [0.1, 0.15) is 24.2 Å². The van der Waals surface area contributed by atoms with Crippen LogP contribution in [0.2, 0.25) is 18.1 Å². The van der Waals surface area contributed by atoms with Gasteiger partial charge in [0.25, 0.3) is 0 Å². The van der Waals surface area contributed by atoms with Crippen molar-refractivity contribution in [2.45, 2.75) is 84.1 Å². The van der Waals surface area contributed by atoms with Crippen molar-refractivity contribution in [3.63, 3.8) is 0 Å². The Kier molecular flexibility index (Phi) is 11.8. The van der Waals surface area contributed by atoms with Crippen LogP contribution in [0.5, 0.6) is 11.5 Å². The van der Waals surface area contributed by atoms with Crippen molar-refractivity contribution in [3.8, 4) is 35.2 Å².